The molecule has 1 fully saturated rings. The first-order chi connectivity index (χ1) is 15.6. The number of amides is 1. The van der Waals surface area contributed by atoms with Gasteiger partial charge in [-0.2, -0.15) is 4.99 Å². The first kappa shape index (κ1) is 21.2. The largest absolute Gasteiger partial charge is 0.378 e. The molecule has 1 amide bonds. The van der Waals surface area contributed by atoms with E-state index < -0.39 is 0 Å². The molecule has 0 saturated carbocycles. The van der Waals surface area contributed by atoms with Gasteiger partial charge in [0.1, 0.15) is 12.1 Å². The van der Waals surface area contributed by atoms with Crippen molar-refractivity contribution in [3.05, 3.63) is 63.2 Å². The Morgan fingerprint density at radius 3 is 2.66 bits per heavy atom. The molecule has 3 heterocycles. The fraction of sp³-hybridized carbons (Fsp3) is 0.182. The predicted octanol–water partition coefficient (Wildman–Crippen LogP) is 4.86. The number of hydrogen-bond donors (Lipinski definition) is 1. The molecule has 0 radical (unpaired) electrons. The van der Waals surface area contributed by atoms with Crippen molar-refractivity contribution in [2.75, 3.05) is 36.5 Å². The van der Waals surface area contributed by atoms with Crippen LogP contribution < -0.4 is 10.2 Å². The van der Waals surface area contributed by atoms with Gasteiger partial charge in [0, 0.05) is 18.5 Å². The zero-order valence-electron chi connectivity index (χ0n) is 16.7. The molecule has 0 aliphatic carbocycles. The number of carbonyl (C=O) groups is 1. The van der Waals surface area contributed by atoms with Gasteiger partial charge in [0.15, 0.2) is 5.17 Å². The Bertz CT molecular complexity index is 1250. The number of morpholine rings is 1. The highest BCUT2D eigenvalue weighted by Gasteiger charge is 2.23. The van der Waals surface area contributed by atoms with E-state index in [4.69, 9.17) is 27.9 Å². The van der Waals surface area contributed by atoms with Crippen molar-refractivity contribution in [2.24, 2.45) is 4.99 Å². The molecule has 0 spiro atoms. The molecule has 1 N–H and O–H groups in total. The first-order valence-corrected chi connectivity index (χ1v) is 11.5. The second kappa shape index (κ2) is 9.07. The number of anilines is 2. The number of benzene rings is 2. The molecule has 2 aliphatic heterocycles. The minimum absolute atomic E-state index is 0.321. The minimum Gasteiger partial charge on any atom is -0.378 e. The smallest absolute Gasteiger partial charge is 0.286 e. The number of amidine groups is 1. The number of thioether (sulfide) groups is 1. The lowest BCUT2D eigenvalue weighted by molar-refractivity contribution is -0.113. The van der Waals surface area contributed by atoms with Crippen molar-refractivity contribution in [2.45, 2.75) is 0 Å². The first-order valence-electron chi connectivity index (χ1n) is 9.89. The van der Waals surface area contributed by atoms with Crippen LogP contribution in [0.5, 0.6) is 0 Å². The summed E-state index contributed by atoms with van der Waals surface area (Å²) in [5, 5.41) is 5.32. The van der Waals surface area contributed by atoms with Crippen molar-refractivity contribution in [3.63, 3.8) is 0 Å². The van der Waals surface area contributed by atoms with Gasteiger partial charge in [-0.1, -0.05) is 35.3 Å². The van der Waals surface area contributed by atoms with Crippen LogP contribution in [0.25, 0.3) is 17.0 Å². The third kappa shape index (κ3) is 4.31. The highest BCUT2D eigenvalue weighted by molar-refractivity contribution is 8.18. The van der Waals surface area contributed by atoms with Crippen molar-refractivity contribution in [1.82, 2.24) is 9.97 Å². The monoisotopic (exact) mass is 485 g/mol. The average molecular weight is 486 g/mol. The fourth-order valence-electron chi connectivity index (χ4n) is 3.52. The van der Waals surface area contributed by atoms with E-state index in [9.17, 15) is 4.79 Å². The molecule has 2 aliphatic rings. The molecule has 7 nitrogen and oxygen atoms in total. The highest BCUT2D eigenvalue weighted by Crippen LogP contribution is 2.35. The van der Waals surface area contributed by atoms with Gasteiger partial charge in [0.05, 0.1) is 39.4 Å². The predicted molar refractivity (Wildman–Crippen MR) is 131 cm³/mol. The Hall–Kier alpha value is -2.65. The van der Waals surface area contributed by atoms with Crippen LogP contribution in [0.4, 0.5) is 11.5 Å². The minimum atomic E-state index is -0.321. The summed E-state index contributed by atoms with van der Waals surface area (Å²) in [7, 11) is 0. The van der Waals surface area contributed by atoms with Gasteiger partial charge in [-0.15, -0.1) is 0 Å². The van der Waals surface area contributed by atoms with Crippen molar-refractivity contribution in [1.29, 1.82) is 0 Å². The van der Waals surface area contributed by atoms with Crippen LogP contribution in [-0.4, -0.2) is 47.3 Å². The van der Waals surface area contributed by atoms with Crippen LogP contribution in [0, 0.1) is 0 Å². The number of fused-ring (bicyclic) bond motifs is 1. The molecule has 2 aromatic carbocycles. The van der Waals surface area contributed by atoms with Crippen LogP contribution in [0.15, 0.2) is 52.6 Å². The summed E-state index contributed by atoms with van der Waals surface area (Å²) in [5.41, 5.74) is 2.24. The summed E-state index contributed by atoms with van der Waals surface area (Å²) in [6.07, 6.45) is 3.39. The number of halogens is 2. The molecule has 162 valence electrons. The molecule has 0 atom stereocenters. The lowest BCUT2D eigenvalue weighted by atomic mass is 10.1. The van der Waals surface area contributed by atoms with Crippen LogP contribution in [0.3, 0.4) is 0 Å². The van der Waals surface area contributed by atoms with Gasteiger partial charge in [-0.05, 0) is 47.7 Å². The quantitative estimate of drug-likeness (QED) is 0.530. The Balaban J connectivity index is 1.41. The van der Waals surface area contributed by atoms with E-state index in [-0.39, 0.29) is 5.91 Å². The fourth-order valence-corrected chi connectivity index (χ4v) is 4.83. The zero-order chi connectivity index (χ0) is 22.1. The standard InChI is InChI=1S/C22H17Cl2N5O2S/c23-15-2-1-3-16(24)19(15)27-22-28-21(30)18(32-22)11-13-4-5-17-14(10-13)20(26-12-25-17)29-6-8-31-9-7-29/h1-5,10-12H,6-9H2,(H,27,28,30). The number of para-hydroxylation sites is 1. The average Bonchev–Trinajstić information content (AvgIpc) is 3.15. The van der Waals surface area contributed by atoms with E-state index >= 15 is 0 Å². The van der Waals surface area contributed by atoms with Crippen LogP contribution in [0.2, 0.25) is 10.0 Å². The van der Waals surface area contributed by atoms with Gasteiger partial charge < -0.3 is 15.0 Å². The Kier molecular flexibility index (Phi) is 6.01. The molecule has 0 unspecified atom stereocenters. The highest BCUT2D eigenvalue weighted by atomic mass is 35.5. The Labute approximate surface area is 198 Å². The summed E-state index contributed by atoms with van der Waals surface area (Å²) < 4.78 is 5.45. The summed E-state index contributed by atoms with van der Waals surface area (Å²) in [5.74, 6) is 0.550. The maximum atomic E-state index is 12.5. The summed E-state index contributed by atoms with van der Waals surface area (Å²) in [4.78, 5) is 28.2. The van der Waals surface area contributed by atoms with E-state index in [0.29, 0.717) is 39.0 Å². The lowest BCUT2D eigenvalue weighted by Crippen LogP contribution is -2.36. The number of aliphatic imine (C=N–C) groups is 1. The number of hydrogen-bond acceptors (Lipinski definition) is 7. The molecule has 1 aromatic heterocycles. The van der Waals surface area contributed by atoms with Gasteiger partial charge >= 0.3 is 0 Å². The van der Waals surface area contributed by atoms with Crippen molar-refractivity contribution in [3.8, 4) is 0 Å². The number of ether oxygens (including phenoxy) is 1. The molecule has 0 bridgehead atoms. The van der Waals surface area contributed by atoms with E-state index in [1.54, 1.807) is 24.5 Å². The summed E-state index contributed by atoms with van der Waals surface area (Å²) >= 11 is 13.7. The number of rotatable bonds is 3. The SMILES string of the molecule is O=C1N=C(Nc2c(Cl)cccc2Cl)SC1=Cc1ccc2ncnc(N3CCOCC3)c2c1. The molecule has 1 saturated heterocycles. The third-order valence-electron chi connectivity index (χ3n) is 5.06. The molecule has 10 heteroatoms. The van der Waals surface area contributed by atoms with Gasteiger partial charge in [0.25, 0.3) is 5.91 Å². The van der Waals surface area contributed by atoms with E-state index in [1.807, 2.05) is 24.3 Å². The second-order valence-corrected chi connectivity index (χ2v) is 8.97. The lowest BCUT2D eigenvalue weighted by Gasteiger charge is -2.28. The number of carbonyl (C=O) groups excluding carboxylic acids is 1. The summed E-state index contributed by atoms with van der Waals surface area (Å²) in [6, 6.07) is 11.0. The molecular formula is C22H17Cl2N5O2S. The van der Waals surface area contributed by atoms with Gasteiger partial charge in [0.2, 0.25) is 0 Å². The maximum absolute atomic E-state index is 12.5. The van der Waals surface area contributed by atoms with Gasteiger partial charge in [-0.3, -0.25) is 4.79 Å². The van der Waals surface area contributed by atoms with Crippen LogP contribution >= 0.6 is 35.0 Å². The van der Waals surface area contributed by atoms with E-state index in [2.05, 4.69) is 25.2 Å². The molecule has 32 heavy (non-hydrogen) atoms. The normalized spacial score (nSPS) is 17.8. The van der Waals surface area contributed by atoms with E-state index in [1.165, 1.54) is 11.8 Å². The Morgan fingerprint density at radius 2 is 1.88 bits per heavy atom. The topological polar surface area (TPSA) is 79.7 Å². The van der Waals surface area contributed by atoms with Crippen molar-refractivity contribution < 1.29 is 9.53 Å². The number of nitrogens with zero attached hydrogens (tertiary/aromatic N) is 4. The Morgan fingerprint density at radius 1 is 1.09 bits per heavy atom. The third-order valence-corrected chi connectivity index (χ3v) is 6.59. The maximum Gasteiger partial charge on any atom is 0.286 e. The van der Waals surface area contributed by atoms with Crippen molar-refractivity contribution >= 4 is 74.5 Å². The number of aromatic nitrogens is 2. The van der Waals surface area contributed by atoms with Gasteiger partial charge in [-0.25, -0.2) is 9.97 Å². The second-order valence-electron chi connectivity index (χ2n) is 7.13. The van der Waals surface area contributed by atoms with E-state index in [0.717, 1.165) is 35.4 Å². The van der Waals surface area contributed by atoms with Crippen LogP contribution in [0.1, 0.15) is 5.56 Å². The summed E-state index contributed by atoms with van der Waals surface area (Å²) in [6.45, 7) is 2.89. The molecule has 3 aromatic rings. The zero-order valence-corrected chi connectivity index (χ0v) is 19.0. The number of nitrogens with one attached hydrogen (secondary N) is 1. The molecular weight excluding hydrogens is 469 g/mol. The van der Waals surface area contributed by atoms with Crippen LogP contribution in [-0.2, 0) is 9.53 Å². The molecule has 5 rings (SSSR count).